The van der Waals surface area contributed by atoms with Gasteiger partial charge in [-0.3, -0.25) is 9.59 Å². The molecule has 0 atom stereocenters. The Morgan fingerprint density at radius 3 is 1.17 bits per heavy atom. The van der Waals surface area contributed by atoms with Gasteiger partial charge >= 0.3 is 31.4 Å². The SMILES string of the molecule is CC(=O)Oc1ccccc1C(=O)[O-].CC(=O)Oc1ccccc1C(=O)[O-].O.O.[Zn+2]. The zero-order chi connectivity index (χ0) is 19.7. The van der Waals surface area contributed by atoms with Crippen LogP contribution < -0.4 is 19.7 Å². The van der Waals surface area contributed by atoms with Crippen LogP contribution in [0.15, 0.2) is 48.5 Å². The molecule has 0 aliphatic rings. The van der Waals surface area contributed by atoms with Crippen molar-refractivity contribution in [2.24, 2.45) is 0 Å². The minimum atomic E-state index is -1.36. The average Bonchev–Trinajstić information content (AvgIpc) is 2.55. The number of hydrogen-bond donors (Lipinski definition) is 0. The van der Waals surface area contributed by atoms with Crippen LogP contribution in [0.3, 0.4) is 0 Å². The van der Waals surface area contributed by atoms with E-state index < -0.39 is 23.9 Å². The maximum Gasteiger partial charge on any atom is 2.00 e. The third kappa shape index (κ3) is 10.7. The van der Waals surface area contributed by atoms with Crippen molar-refractivity contribution in [1.29, 1.82) is 0 Å². The third-order valence-corrected chi connectivity index (χ3v) is 2.72. The number of carbonyl (C=O) groups excluding carboxylic acids is 4. The molecule has 0 saturated heterocycles. The molecule has 0 aliphatic heterocycles. The summed E-state index contributed by atoms with van der Waals surface area (Å²) in [7, 11) is 0. The minimum absolute atomic E-state index is 0. The van der Waals surface area contributed by atoms with Crippen molar-refractivity contribution < 1.29 is 69.3 Å². The summed E-state index contributed by atoms with van der Waals surface area (Å²) in [6, 6.07) is 11.6. The molecule has 0 unspecified atom stereocenters. The fraction of sp³-hybridized carbons (Fsp3) is 0.111. The van der Waals surface area contributed by atoms with E-state index in [1.54, 1.807) is 12.1 Å². The van der Waals surface area contributed by atoms with Crippen molar-refractivity contribution in [2.45, 2.75) is 13.8 Å². The molecule has 2 aromatic rings. The second kappa shape index (κ2) is 14.9. The van der Waals surface area contributed by atoms with Crippen LogP contribution in [0, 0.1) is 0 Å². The van der Waals surface area contributed by atoms with E-state index in [0.717, 1.165) is 0 Å². The molecule has 0 saturated carbocycles. The van der Waals surface area contributed by atoms with E-state index in [4.69, 9.17) is 0 Å². The molecule has 0 heterocycles. The number of benzene rings is 2. The second-order valence-electron chi connectivity index (χ2n) is 4.75. The molecule has 0 fully saturated rings. The van der Waals surface area contributed by atoms with Gasteiger partial charge in [-0.25, -0.2) is 0 Å². The summed E-state index contributed by atoms with van der Waals surface area (Å²) in [5, 5.41) is 21.0. The Morgan fingerprint density at radius 1 is 0.655 bits per heavy atom. The Balaban J connectivity index is -0.000000422. The van der Waals surface area contributed by atoms with Crippen LogP contribution in [0.5, 0.6) is 11.5 Å². The first-order valence-electron chi connectivity index (χ1n) is 7.20. The Morgan fingerprint density at radius 2 is 0.931 bits per heavy atom. The van der Waals surface area contributed by atoms with Crippen molar-refractivity contribution in [3.05, 3.63) is 59.7 Å². The number of hydrogen-bond acceptors (Lipinski definition) is 8. The topological polar surface area (TPSA) is 196 Å². The van der Waals surface area contributed by atoms with Gasteiger partial charge in [-0.15, -0.1) is 0 Å². The average molecular weight is 460 g/mol. The first kappa shape index (κ1) is 30.6. The van der Waals surface area contributed by atoms with Gasteiger partial charge in [0.2, 0.25) is 0 Å². The largest absolute Gasteiger partial charge is 2.00 e. The number of aromatic carboxylic acids is 2. The number of carboxylic acid groups (broad SMARTS) is 2. The summed E-state index contributed by atoms with van der Waals surface area (Å²) >= 11 is 0. The van der Waals surface area contributed by atoms with E-state index in [1.165, 1.54) is 50.2 Å². The molecule has 152 valence electrons. The molecule has 0 bridgehead atoms. The predicted molar refractivity (Wildman–Crippen MR) is 91.4 cm³/mol. The van der Waals surface area contributed by atoms with Crippen molar-refractivity contribution >= 4 is 23.9 Å². The Bertz CT molecular complexity index is 765. The van der Waals surface area contributed by atoms with Gasteiger partial charge in [-0.2, -0.15) is 0 Å². The third-order valence-electron chi connectivity index (χ3n) is 2.72. The first-order chi connectivity index (χ1) is 12.2. The predicted octanol–water partition coefficient (Wildman–Crippen LogP) is -1.70. The van der Waals surface area contributed by atoms with Crippen molar-refractivity contribution in [3.8, 4) is 11.5 Å². The molecule has 0 amide bonds. The normalized spacial score (nSPS) is 8.34. The second-order valence-corrected chi connectivity index (χ2v) is 4.75. The van der Waals surface area contributed by atoms with Gasteiger partial charge in [-0.05, 0) is 24.3 Å². The summed E-state index contributed by atoms with van der Waals surface area (Å²) in [5.74, 6) is -3.83. The molecule has 11 heteroatoms. The fourth-order valence-electron chi connectivity index (χ4n) is 1.76. The number of rotatable bonds is 4. The number of carbonyl (C=O) groups is 4. The first-order valence-corrected chi connectivity index (χ1v) is 7.20. The molecule has 0 aromatic heterocycles. The molecule has 0 aliphatic carbocycles. The summed E-state index contributed by atoms with van der Waals surface area (Å²) in [4.78, 5) is 42.1. The van der Waals surface area contributed by atoms with Crippen LogP contribution in [-0.2, 0) is 29.1 Å². The van der Waals surface area contributed by atoms with Crippen LogP contribution in [0.1, 0.15) is 34.6 Å². The van der Waals surface area contributed by atoms with Crippen molar-refractivity contribution in [2.75, 3.05) is 0 Å². The number of para-hydroxylation sites is 2. The summed E-state index contributed by atoms with van der Waals surface area (Å²) in [5.41, 5.74) is -0.254. The summed E-state index contributed by atoms with van der Waals surface area (Å²) in [6.45, 7) is 2.40. The quantitative estimate of drug-likeness (QED) is 0.292. The monoisotopic (exact) mass is 458 g/mol. The molecule has 0 radical (unpaired) electrons. The molecular weight excluding hydrogens is 442 g/mol. The van der Waals surface area contributed by atoms with Crippen LogP contribution in [-0.4, -0.2) is 34.8 Å². The molecule has 2 rings (SSSR count). The Kier molecular flexibility index (Phi) is 15.7. The van der Waals surface area contributed by atoms with Gasteiger partial charge in [0.05, 0.1) is 11.9 Å². The van der Waals surface area contributed by atoms with Gasteiger partial charge in [0.15, 0.2) is 0 Å². The van der Waals surface area contributed by atoms with E-state index >= 15 is 0 Å². The van der Waals surface area contributed by atoms with E-state index in [-0.39, 0.29) is 53.1 Å². The van der Waals surface area contributed by atoms with Crippen LogP contribution >= 0.6 is 0 Å². The zero-order valence-corrected chi connectivity index (χ0v) is 18.6. The van der Waals surface area contributed by atoms with Crippen LogP contribution in [0.4, 0.5) is 0 Å². The van der Waals surface area contributed by atoms with Gasteiger partial charge in [0, 0.05) is 25.0 Å². The Hall–Kier alpha value is -3.14. The van der Waals surface area contributed by atoms with Gasteiger partial charge in [-0.1, -0.05) is 24.3 Å². The molecule has 2 aromatic carbocycles. The number of carboxylic acids is 2. The Labute approximate surface area is 178 Å². The number of ether oxygens (including phenoxy) is 2. The molecule has 10 nitrogen and oxygen atoms in total. The molecular formula is C18H18O10Zn. The van der Waals surface area contributed by atoms with Gasteiger partial charge in [0.25, 0.3) is 0 Å². The molecule has 4 N–H and O–H groups in total. The molecule has 0 spiro atoms. The number of esters is 2. The smallest absolute Gasteiger partial charge is 0.545 e. The standard InChI is InChI=1S/2C9H8O4.2H2O.Zn/c2*1-6(10)13-8-5-3-2-4-7(8)9(11)12;;;/h2*2-5H,1H3,(H,11,12);2*1H2;/q;;;;+2/p-2. The summed E-state index contributed by atoms with van der Waals surface area (Å²) in [6.07, 6.45) is 0. The van der Waals surface area contributed by atoms with Crippen molar-refractivity contribution in [1.82, 2.24) is 0 Å². The van der Waals surface area contributed by atoms with Gasteiger partial charge in [0.1, 0.15) is 11.5 Å². The van der Waals surface area contributed by atoms with Crippen LogP contribution in [0.25, 0.3) is 0 Å². The van der Waals surface area contributed by atoms with E-state index in [2.05, 4.69) is 9.47 Å². The van der Waals surface area contributed by atoms with Gasteiger partial charge < -0.3 is 40.2 Å². The minimum Gasteiger partial charge on any atom is -0.545 e. The summed E-state index contributed by atoms with van der Waals surface area (Å²) < 4.78 is 9.29. The molecule has 29 heavy (non-hydrogen) atoms. The maximum atomic E-state index is 10.6. The van der Waals surface area contributed by atoms with E-state index in [9.17, 15) is 29.4 Å². The van der Waals surface area contributed by atoms with Crippen LogP contribution in [0.2, 0.25) is 0 Å². The van der Waals surface area contributed by atoms with Crippen molar-refractivity contribution in [3.63, 3.8) is 0 Å². The zero-order valence-electron chi connectivity index (χ0n) is 15.6. The van der Waals surface area contributed by atoms with E-state index in [1.807, 2.05) is 0 Å². The fourth-order valence-corrected chi connectivity index (χ4v) is 1.76. The van der Waals surface area contributed by atoms with E-state index in [0.29, 0.717) is 0 Å². The maximum absolute atomic E-state index is 10.6.